The molecule has 0 bridgehead atoms. The van der Waals surface area contributed by atoms with Gasteiger partial charge >= 0.3 is 0 Å². The van der Waals surface area contributed by atoms with E-state index in [9.17, 15) is 4.79 Å². The van der Waals surface area contributed by atoms with Crippen molar-refractivity contribution < 1.29 is 14.4 Å². The zero-order chi connectivity index (χ0) is 18.6. The third kappa shape index (κ3) is 3.65. The summed E-state index contributed by atoms with van der Waals surface area (Å²) in [6.07, 6.45) is 6.03. The number of piperazine rings is 1. The number of hydrogen-bond donors (Lipinski definition) is 2. The van der Waals surface area contributed by atoms with E-state index in [1.807, 2.05) is 36.4 Å². The molecule has 0 aromatic heterocycles. The Hall–Kier alpha value is -2.90. The van der Waals surface area contributed by atoms with Gasteiger partial charge in [-0.15, -0.1) is 0 Å². The van der Waals surface area contributed by atoms with Crippen LogP contribution < -0.4 is 15.5 Å². The summed E-state index contributed by atoms with van der Waals surface area (Å²) in [5.41, 5.74) is 4.53. The number of hydroxylamine groups is 1. The Labute approximate surface area is 158 Å². The Morgan fingerprint density at radius 3 is 2.93 bits per heavy atom. The van der Waals surface area contributed by atoms with Crippen molar-refractivity contribution in [1.82, 2.24) is 15.7 Å². The molecule has 3 aliphatic rings. The topological polar surface area (TPSA) is 75.2 Å². The molecule has 0 atom stereocenters. The molecule has 0 saturated carbocycles. The average molecular weight is 366 g/mol. The van der Waals surface area contributed by atoms with Gasteiger partial charge < -0.3 is 15.0 Å². The van der Waals surface area contributed by atoms with Gasteiger partial charge in [0.1, 0.15) is 17.3 Å². The fraction of sp³-hybridized carbons (Fsp3) is 0.300. The lowest BCUT2D eigenvalue weighted by Gasteiger charge is -2.30. The summed E-state index contributed by atoms with van der Waals surface area (Å²) in [7, 11) is 1.42. The van der Waals surface area contributed by atoms with E-state index in [2.05, 4.69) is 15.7 Å². The van der Waals surface area contributed by atoms with Crippen molar-refractivity contribution in [2.75, 3.05) is 33.3 Å². The van der Waals surface area contributed by atoms with E-state index in [0.29, 0.717) is 23.5 Å². The summed E-state index contributed by atoms with van der Waals surface area (Å²) in [4.78, 5) is 24.2. The van der Waals surface area contributed by atoms with Crippen molar-refractivity contribution >= 4 is 11.7 Å². The van der Waals surface area contributed by atoms with Crippen LogP contribution in [0.25, 0.3) is 0 Å². The highest BCUT2D eigenvalue weighted by Gasteiger charge is 2.25. The molecule has 0 radical (unpaired) electrons. The summed E-state index contributed by atoms with van der Waals surface area (Å²) in [5.74, 6) is 1.99. The van der Waals surface area contributed by atoms with Crippen LogP contribution in [0.4, 0.5) is 0 Å². The Bertz CT molecular complexity index is 864. The molecule has 7 heteroatoms. The monoisotopic (exact) mass is 366 g/mol. The number of rotatable bonds is 2. The molecule has 27 heavy (non-hydrogen) atoms. The zero-order valence-electron chi connectivity index (χ0n) is 15.2. The van der Waals surface area contributed by atoms with Gasteiger partial charge in [0.2, 0.25) is 0 Å². The molecule has 1 aliphatic carbocycles. The molecule has 1 aromatic rings. The number of amides is 1. The molecule has 2 aliphatic heterocycles. The minimum atomic E-state index is -0.281. The Kier molecular flexibility index (Phi) is 5.04. The minimum Gasteiger partial charge on any atom is -0.454 e. The smallest absolute Gasteiger partial charge is 0.271 e. The van der Waals surface area contributed by atoms with Crippen LogP contribution in [0.1, 0.15) is 12.0 Å². The fourth-order valence-electron chi connectivity index (χ4n) is 3.31. The number of carbonyl (C=O) groups is 1. The van der Waals surface area contributed by atoms with E-state index in [0.717, 1.165) is 43.3 Å². The van der Waals surface area contributed by atoms with E-state index in [1.165, 1.54) is 7.11 Å². The number of ether oxygens (including phenoxy) is 1. The maximum absolute atomic E-state index is 12.2. The molecule has 4 rings (SSSR count). The maximum atomic E-state index is 12.2. The van der Waals surface area contributed by atoms with Gasteiger partial charge in [-0.1, -0.05) is 18.2 Å². The third-order valence-corrected chi connectivity index (χ3v) is 4.65. The van der Waals surface area contributed by atoms with Crippen LogP contribution >= 0.6 is 0 Å². The van der Waals surface area contributed by atoms with E-state index >= 15 is 0 Å². The van der Waals surface area contributed by atoms with E-state index < -0.39 is 0 Å². The van der Waals surface area contributed by atoms with Crippen molar-refractivity contribution in [3.8, 4) is 5.75 Å². The highest BCUT2D eigenvalue weighted by atomic mass is 16.6. The minimum absolute atomic E-state index is 0.281. The number of nitrogens with one attached hydrogen (secondary N) is 2. The first-order valence-electron chi connectivity index (χ1n) is 9.02. The Morgan fingerprint density at radius 2 is 2.11 bits per heavy atom. The van der Waals surface area contributed by atoms with Crippen molar-refractivity contribution in [1.29, 1.82) is 0 Å². The molecule has 1 aromatic carbocycles. The van der Waals surface area contributed by atoms with Crippen molar-refractivity contribution in [2.24, 2.45) is 4.99 Å². The lowest BCUT2D eigenvalue weighted by Crippen LogP contribution is -2.46. The first-order chi connectivity index (χ1) is 13.3. The second-order valence-corrected chi connectivity index (χ2v) is 6.43. The number of nitrogens with zero attached hydrogens (tertiary/aromatic N) is 2. The fourth-order valence-corrected chi connectivity index (χ4v) is 3.31. The normalized spacial score (nSPS) is 19.1. The highest BCUT2D eigenvalue weighted by Crippen LogP contribution is 2.31. The lowest BCUT2D eigenvalue weighted by molar-refractivity contribution is -0.127. The number of carbonyl (C=O) groups excluding carboxylic acids is 1. The number of benzene rings is 1. The standard InChI is InChI=1S/C20H22N4O3/c1-26-23-20(25)14-5-4-8-18-16(13-14)22-19(24-11-9-21-10-12-24)15-6-2-3-7-17(15)27-18/h2-4,6-8,13,21H,5,9-12H2,1H3,(H,23,25). The number of amidine groups is 1. The second kappa shape index (κ2) is 7.77. The third-order valence-electron chi connectivity index (χ3n) is 4.65. The van der Waals surface area contributed by atoms with Crippen LogP contribution in [0.2, 0.25) is 0 Å². The quantitative estimate of drug-likeness (QED) is 0.776. The van der Waals surface area contributed by atoms with Crippen LogP contribution in [0.5, 0.6) is 5.75 Å². The van der Waals surface area contributed by atoms with Gasteiger partial charge in [-0.05, 0) is 30.7 Å². The lowest BCUT2D eigenvalue weighted by atomic mass is 10.1. The molecule has 1 amide bonds. The molecule has 7 nitrogen and oxygen atoms in total. The number of fused-ring (bicyclic) bond motifs is 1. The maximum Gasteiger partial charge on any atom is 0.271 e. The van der Waals surface area contributed by atoms with Gasteiger partial charge in [-0.2, -0.15) is 0 Å². The second-order valence-electron chi connectivity index (χ2n) is 6.43. The van der Waals surface area contributed by atoms with E-state index in [1.54, 1.807) is 6.08 Å². The Morgan fingerprint density at radius 1 is 1.30 bits per heavy atom. The van der Waals surface area contributed by atoms with Crippen molar-refractivity contribution in [3.63, 3.8) is 0 Å². The summed E-state index contributed by atoms with van der Waals surface area (Å²) in [6, 6.07) is 7.91. The molecular weight excluding hydrogens is 344 g/mol. The summed E-state index contributed by atoms with van der Waals surface area (Å²) >= 11 is 0. The summed E-state index contributed by atoms with van der Waals surface area (Å²) < 4.78 is 6.18. The predicted octanol–water partition coefficient (Wildman–Crippen LogP) is 1.51. The first kappa shape index (κ1) is 17.5. The molecule has 2 N–H and O–H groups in total. The molecule has 1 saturated heterocycles. The van der Waals surface area contributed by atoms with Crippen molar-refractivity contribution in [3.05, 3.63) is 65.1 Å². The van der Waals surface area contributed by atoms with E-state index in [-0.39, 0.29) is 5.91 Å². The van der Waals surface area contributed by atoms with Gasteiger partial charge in [-0.3, -0.25) is 9.63 Å². The highest BCUT2D eigenvalue weighted by molar-refractivity contribution is 6.03. The molecule has 0 unspecified atom stereocenters. The molecular formula is C20H22N4O3. The zero-order valence-corrected chi connectivity index (χ0v) is 15.2. The van der Waals surface area contributed by atoms with E-state index in [4.69, 9.17) is 14.6 Å². The average Bonchev–Trinajstić information content (AvgIpc) is 2.98. The summed E-state index contributed by atoms with van der Waals surface area (Å²) in [6.45, 7) is 3.55. The number of allylic oxidation sites excluding steroid dienone is 3. The van der Waals surface area contributed by atoms with Gasteiger partial charge in [0.25, 0.3) is 5.91 Å². The van der Waals surface area contributed by atoms with Crippen LogP contribution in [0.15, 0.2) is 64.5 Å². The molecule has 1 fully saturated rings. The number of para-hydroxylation sites is 1. The first-order valence-corrected chi connectivity index (χ1v) is 9.02. The number of aliphatic imine (C=N–C) groups is 1. The van der Waals surface area contributed by atoms with Gasteiger partial charge in [-0.25, -0.2) is 10.5 Å². The van der Waals surface area contributed by atoms with Crippen LogP contribution in [-0.4, -0.2) is 49.9 Å². The van der Waals surface area contributed by atoms with Crippen LogP contribution in [0.3, 0.4) is 0 Å². The van der Waals surface area contributed by atoms with Crippen molar-refractivity contribution in [2.45, 2.75) is 6.42 Å². The van der Waals surface area contributed by atoms with Crippen LogP contribution in [-0.2, 0) is 9.63 Å². The van der Waals surface area contributed by atoms with Gasteiger partial charge in [0, 0.05) is 31.8 Å². The summed E-state index contributed by atoms with van der Waals surface area (Å²) in [5, 5.41) is 3.37. The van der Waals surface area contributed by atoms with Crippen LogP contribution in [0, 0.1) is 0 Å². The number of hydrogen-bond acceptors (Lipinski definition) is 6. The SMILES string of the molecule is CONC(=O)C1=CC2=C(C=CC1)Oc1ccccc1C(N1CCNCC1)=N2. The van der Waals surface area contributed by atoms with Gasteiger partial charge in [0.15, 0.2) is 5.76 Å². The molecule has 0 spiro atoms. The Balaban J connectivity index is 1.80. The predicted molar refractivity (Wildman–Crippen MR) is 102 cm³/mol. The van der Waals surface area contributed by atoms with Gasteiger partial charge in [0.05, 0.1) is 12.7 Å². The largest absolute Gasteiger partial charge is 0.454 e. The molecule has 140 valence electrons. The molecule has 2 heterocycles.